The third-order valence-electron chi connectivity index (χ3n) is 5.65. The SMILES string of the molecule is CCOc1ccc(C(=O)N2CCN(CC(=O)N3CC(C)CC(C)C3)CC2)cc1. The fourth-order valence-electron chi connectivity index (χ4n) is 4.31. The predicted octanol–water partition coefficient (Wildman–Crippen LogP) is 2.35. The van der Waals surface area contributed by atoms with E-state index in [9.17, 15) is 9.59 Å². The van der Waals surface area contributed by atoms with Crippen molar-refractivity contribution >= 4 is 11.8 Å². The molecule has 6 nitrogen and oxygen atoms in total. The number of carbonyl (C=O) groups excluding carboxylic acids is 2. The molecule has 1 aromatic rings. The first-order valence-corrected chi connectivity index (χ1v) is 10.5. The Bertz CT molecular complexity index is 658. The van der Waals surface area contributed by atoms with Crippen LogP contribution in [0.5, 0.6) is 5.75 Å². The molecule has 1 aromatic carbocycles. The van der Waals surface area contributed by atoms with Gasteiger partial charge in [-0.1, -0.05) is 13.8 Å². The average molecular weight is 388 g/mol. The van der Waals surface area contributed by atoms with Crippen molar-refractivity contribution in [2.75, 3.05) is 52.4 Å². The summed E-state index contributed by atoms with van der Waals surface area (Å²) >= 11 is 0. The maximum Gasteiger partial charge on any atom is 0.253 e. The largest absolute Gasteiger partial charge is 0.494 e. The molecule has 2 fully saturated rings. The third-order valence-corrected chi connectivity index (χ3v) is 5.65. The third kappa shape index (κ3) is 5.25. The van der Waals surface area contributed by atoms with Crippen LogP contribution in [-0.2, 0) is 4.79 Å². The van der Waals surface area contributed by atoms with Crippen molar-refractivity contribution in [1.29, 1.82) is 0 Å². The number of likely N-dealkylation sites (tertiary alicyclic amines) is 1. The highest BCUT2D eigenvalue weighted by molar-refractivity contribution is 5.94. The van der Waals surface area contributed by atoms with Gasteiger partial charge in [-0.2, -0.15) is 0 Å². The Kier molecular flexibility index (Phi) is 6.94. The van der Waals surface area contributed by atoms with E-state index in [1.807, 2.05) is 41.0 Å². The van der Waals surface area contributed by atoms with Gasteiger partial charge in [0.1, 0.15) is 5.75 Å². The van der Waals surface area contributed by atoms with Gasteiger partial charge in [-0.25, -0.2) is 0 Å². The monoisotopic (exact) mass is 387 g/mol. The van der Waals surface area contributed by atoms with Crippen LogP contribution in [0, 0.1) is 11.8 Å². The molecule has 3 rings (SSSR count). The fourth-order valence-corrected chi connectivity index (χ4v) is 4.31. The van der Waals surface area contributed by atoms with Crippen LogP contribution >= 0.6 is 0 Å². The molecule has 2 heterocycles. The second-order valence-corrected chi connectivity index (χ2v) is 8.27. The van der Waals surface area contributed by atoms with Gasteiger partial charge in [-0.15, -0.1) is 0 Å². The van der Waals surface area contributed by atoms with Crippen molar-refractivity contribution < 1.29 is 14.3 Å². The summed E-state index contributed by atoms with van der Waals surface area (Å²) in [5, 5.41) is 0. The summed E-state index contributed by atoms with van der Waals surface area (Å²) < 4.78 is 5.43. The Morgan fingerprint density at radius 2 is 1.57 bits per heavy atom. The minimum absolute atomic E-state index is 0.0488. The summed E-state index contributed by atoms with van der Waals surface area (Å²) in [4.78, 5) is 31.5. The highest BCUT2D eigenvalue weighted by atomic mass is 16.5. The molecule has 2 unspecified atom stereocenters. The van der Waals surface area contributed by atoms with Crippen molar-refractivity contribution in [2.24, 2.45) is 11.8 Å². The van der Waals surface area contributed by atoms with E-state index in [4.69, 9.17) is 4.74 Å². The molecule has 2 aliphatic heterocycles. The molecule has 28 heavy (non-hydrogen) atoms. The Morgan fingerprint density at radius 1 is 0.964 bits per heavy atom. The smallest absolute Gasteiger partial charge is 0.253 e. The zero-order valence-corrected chi connectivity index (χ0v) is 17.4. The first-order chi connectivity index (χ1) is 13.5. The van der Waals surface area contributed by atoms with E-state index in [1.165, 1.54) is 6.42 Å². The molecule has 0 aliphatic carbocycles. The van der Waals surface area contributed by atoms with Crippen molar-refractivity contribution in [2.45, 2.75) is 27.2 Å². The Hall–Kier alpha value is -2.08. The van der Waals surface area contributed by atoms with E-state index in [1.54, 1.807) is 0 Å². The van der Waals surface area contributed by atoms with Crippen LogP contribution in [0.15, 0.2) is 24.3 Å². The van der Waals surface area contributed by atoms with Crippen molar-refractivity contribution in [3.05, 3.63) is 29.8 Å². The summed E-state index contributed by atoms with van der Waals surface area (Å²) in [7, 11) is 0. The lowest BCUT2D eigenvalue weighted by Gasteiger charge is -2.38. The standard InChI is InChI=1S/C22H33N3O3/c1-4-28-20-7-5-19(6-8-20)22(27)24-11-9-23(10-12-24)16-21(26)25-14-17(2)13-18(3)15-25/h5-8,17-18H,4,9-16H2,1-3H3. The summed E-state index contributed by atoms with van der Waals surface area (Å²) in [5.41, 5.74) is 0.685. The lowest BCUT2D eigenvalue weighted by molar-refractivity contribution is -0.135. The van der Waals surface area contributed by atoms with Gasteiger partial charge >= 0.3 is 0 Å². The second-order valence-electron chi connectivity index (χ2n) is 8.27. The number of carbonyl (C=O) groups is 2. The normalized spacial score (nSPS) is 23.5. The lowest BCUT2D eigenvalue weighted by atomic mass is 9.92. The molecule has 0 saturated carbocycles. The van der Waals surface area contributed by atoms with Crippen molar-refractivity contribution in [3.8, 4) is 5.75 Å². The number of benzene rings is 1. The Labute approximate surface area is 168 Å². The molecule has 154 valence electrons. The molecule has 2 aliphatic rings. The maximum atomic E-state index is 12.7. The minimum Gasteiger partial charge on any atom is -0.494 e. The molecule has 0 N–H and O–H groups in total. The van der Waals surface area contributed by atoms with Crippen LogP contribution in [-0.4, -0.2) is 78.9 Å². The van der Waals surface area contributed by atoms with E-state index in [0.29, 0.717) is 43.6 Å². The molecule has 0 spiro atoms. The second kappa shape index (κ2) is 9.41. The number of rotatable bonds is 5. The number of piperidine rings is 1. The van der Waals surface area contributed by atoms with Gasteiger partial charge in [0.2, 0.25) is 5.91 Å². The number of amides is 2. The van der Waals surface area contributed by atoms with Crippen LogP contribution in [0.25, 0.3) is 0 Å². The minimum atomic E-state index is 0.0488. The van der Waals surface area contributed by atoms with Crippen LogP contribution < -0.4 is 4.74 Å². The van der Waals surface area contributed by atoms with Crippen molar-refractivity contribution in [1.82, 2.24) is 14.7 Å². The number of nitrogens with zero attached hydrogens (tertiary/aromatic N) is 3. The molecule has 2 atom stereocenters. The molecule has 0 aromatic heterocycles. The highest BCUT2D eigenvalue weighted by Crippen LogP contribution is 2.21. The highest BCUT2D eigenvalue weighted by Gasteiger charge is 2.28. The van der Waals surface area contributed by atoms with Crippen LogP contribution in [0.3, 0.4) is 0 Å². The molecule has 6 heteroatoms. The number of ether oxygens (including phenoxy) is 1. The van der Waals surface area contributed by atoms with Crippen molar-refractivity contribution in [3.63, 3.8) is 0 Å². The van der Waals surface area contributed by atoms with Crippen LogP contribution in [0.2, 0.25) is 0 Å². The van der Waals surface area contributed by atoms with E-state index in [-0.39, 0.29) is 11.8 Å². The maximum absolute atomic E-state index is 12.7. The molecular weight excluding hydrogens is 354 g/mol. The van der Waals surface area contributed by atoms with Gasteiger partial charge in [0, 0.05) is 44.8 Å². The van der Waals surface area contributed by atoms with Gasteiger partial charge in [0.05, 0.1) is 13.2 Å². The molecule has 0 bridgehead atoms. The topological polar surface area (TPSA) is 53.1 Å². The Balaban J connectivity index is 1.47. The number of piperazine rings is 1. The quantitative estimate of drug-likeness (QED) is 0.778. The first kappa shape index (κ1) is 20.6. The molecule has 2 saturated heterocycles. The summed E-state index contributed by atoms with van der Waals surface area (Å²) in [5.74, 6) is 2.22. The molecule has 0 radical (unpaired) electrons. The summed E-state index contributed by atoms with van der Waals surface area (Å²) in [6.45, 7) is 12.0. The summed E-state index contributed by atoms with van der Waals surface area (Å²) in [6, 6.07) is 7.32. The van der Waals surface area contributed by atoms with E-state index >= 15 is 0 Å². The van der Waals surface area contributed by atoms with Gasteiger partial charge in [0.25, 0.3) is 5.91 Å². The summed E-state index contributed by atoms with van der Waals surface area (Å²) in [6.07, 6.45) is 1.20. The fraction of sp³-hybridized carbons (Fsp3) is 0.636. The van der Waals surface area contributed by atoms with Crippen LogP contribution in [0.1, 0.15) is 37.6 Å². The van der Waals surface area contributed by atoms with Gasteiger partial charge < -0.3 is 14.5 Å². The molecule has 2 amide bonds. The number of hydrogen-bond donors (Lipinski definition) is 0. The van der Waals surface area contributed by atoms with E-state index in [2.05, 4.69) is 18.7 Å². The van der Waals surface area contributed by atoms with Gasteiger partial charge in [0.15, 0.2) is 0 Å². The number of hydrogen-bond acceptors (Lipinski definition) is 4. The Morgan fingerprint density at radius 3 is 2.14 bits per heavy atom. The van der Waals surface area contributed by atoms with Gasteiger partial charge in [-0.05, 0) is 49.4 Å². The predicted molar refractivity (Wildman–Crippen MR) is 109 cm³/mol. The van der Waals surface area contributed by atoms with Gasteiger partial charge in [-0.3, -0.25) is 14.5 Å². The molecular formula is C22H33N3O3. The average Bonchev–Trinajstić information content (AvgIpc) is 2.68. The first-order valence-electron chi connectivity index (χ1n) is 10.5. The van der Waals surface area contributed by atoms with Crippen LogP contribution in [0.4, 0.5) is 0 Å². The zero-order valence-electron chi connectivity index (χ0n) is 17.4. The lowest BCUT2D eigenvalue weighted by Crippen LogP contribution is -2.53. The zero-order chi connectivity index (χ0) is 20.1. The van der Waals surface area contributed by atoms with E-state index < -0.39 is 0 Å². The van der Waals surface area contributed by atoms with E-state index in [0.717, 1.165) is 31.9 Å².